The lowest BCUT2D eigenvalue weighted by atomic mass is 10.2. The number of carbonyl (C=O) groups is 1. The third kappa shape index (κ3) is 3.65. The second-order valence-corrected chi connectivity index (χ2v) is 4.29. The number of hydrogen-bond donors (Lipinski definition) is 2. The van der Waals surface area contributed by atoms with Gasteiger partial charge in [-0.25, -0.2) is 4.39 Å². The maximum absolute atomic E-state index is 13.2. The third-order valence-electron chi connectivity index (χ3n) is 2.92. The quantitative estimate of drug-likeness (QED) is 0.837. The molecular weight excluding hydrogens is 251 g/mol. The van der Waals surface area contributed by atoms with Crippen LogP contribution in [0.4, 0.5) is 4.39 Å². The van der Waals surface area contributed by atoms with E-state index in [1.54, 1.807) is 0 Å². The molecule has 1 heterocycles. The molecule has 1 aliphatic heterocycles. The van der Waals surface area contributed by atoms with Crippen LogP contribution in [-0.4, -0.2) is 45.4 Å². The molecular formula is C13H17FN2O3. The van der Waals surface area contributed by atoms with E-state index in [4.69, 9.17) is 9.47 Å². The number of ether oxygens (including phenoxy) is 2. The van der Waals surface area contributed by atoms with Crippen LogP contribution in [0.3, 0.4) is 0 Å². The fraction of sp³-hybridized carbons (Fsp3) is 0.462. The van der Waals surface area contributed by atoms with Gasteiger partial charge in [0, 0.05) is 24.7 Å². The molecule has 0 spiro atoms. The van der Waals surface area contributed by atoms with Crippen LogP contribution in [0, 0.1) is 5.82 Å². The molecule has 2 N–H and O–H groups in total. The molecule has 1 amide bonds. The molecule has 1 aromatic rings. The van der Waals surface area contributed by atoms with E-state index in [9.17, 15) is 9.18 Å². The Morgan fingerprint density at radius 1 is 1.63 bits per heavy atom. The first-order valence-corrected chi connectivity index (χ1v) is 6.13. The number of hydrogen-bond acceptors (Lipinski definition) is 4. The molecule has 2 rings (SSSR count). The summed E-state index contributed by atoms with van der Waals surface area (Å²) in [6, 6.07) is 4.14. The Balaban J connectivity index is 1.92. The summed E-state index contributed by atoms with van der Waals surface area (Å²) in [5.74, 6) is -0.682. The van der Waals surface area contributed by atoms with E-state index in [1.807, 2.05) is 0 Å². The largest absolute Gasteiger partial charge is 0.494 e. The zero-order valence-electron chi connectivity index (χ0n) is 10.7. The fourth-order valence-corrected chi connectivity index (χ4v) is 1.87. The van der Waals surface area contributed by atoms with Crippen LogP contribution in [0.2, 0.25) is 0 Å². The minimum atomic E-state index is -0.485. The van der Waals surface area contributed by atoms with Gasteiger partial charge in [-0.2, -0.15) is 0 Å². The summed E-state index contributed by atoms with van der Waals surface area (Å²) < 4.78 is 23.4. The first kappa shape index (κ1) is 13.8. The molecule has 0 aromatic heterocycles. The Hall–Kier alpha value is -1.66. The third-order valence-corrected chi connectivity index (χ3v) is 2.92. The van der Waals surface area contributed by atoms with E-state index >= 15 is 0 Å². The molecule has 6 heteroatoms. The van der Waals surface area contributed by atoms with Gasteiger partial charge in [-0.15, -0.1) is 0 Å². The number of rotatable bonds is 4. The minimum Gasteiger partial charge on any atom is -0.494 e. The van der Waals surface area contributed by atoms with Crippen molar-refractivity contribution in [3.8, 4) is 5.75 Å². The molecule has 0 saturated carbocycles. The van der Waals surface area contributed by atoms with Crippen LogP contribution in [0.25, 0.3) is 0 Å². The van der Waals surface area contributed by atoms with Crippen molar-refractivity contribution < 1.29 is 18.7 Å². The summed E-state index contributed by atoms with van der Waals surface area (Å²) in [7, 11) is 1.36. The lowest BCUT2D eigenvalue weighted by Gasteiger charge is -2.23. The minimum absolute atomic E-state index is 0.0618. The van der Waals surface area contributed by atoms with E-state index in [1.165, 1.54) is 25.3 Å². The van der Waals surface area contributed by atoms with Gasteiger partial charge in [-0.05, 0) is 18.2 Å². The summed E-state index contributed by atoms with van der Waals surface area (Å²) >= 11 is 0. The van der Waals surface area contributed by atoms with Crippen molar-refractivity contribution in [1.29, 1.82) is 0 Å². The molecule has 1 aliphatic rings. The Labute approximate surface area is 111 Å². The number of halogens is 1. The standard InChI is InChI=1S/C13H17FN2O3/c1-18-12-6-9(2-3-11(12)14)13(17)16-7-10-8-19-5-4-15-10/h2-3,6,10,15H,4-5,7-8H2,1H3,(H,16,17). The van der Waals surface area contributed by atoms with Crippen molar-refractivity contribution in [3.05, 3.63) is 29.6 Å². The van der Waals surface area contributed by atoms with Gasteiger partial charge in [-0.3, -0.25) is 4.79 Å². The Bertz CT molecular complexity index is 448. The predicted molar refractivity (Wildman–Crippen MR) is 67.9 cm³/mol. The second kappa shape index (κ2) is 6.49. The Morgan fingerprint density at radius 3 is 3.16 bits per heavy atom. The number of nitrogens with one attached hydrogen (secondary N) is 2. The average Bonchev–Trinajstić information content (AvgIpc) is 2.46. The second-order valence-electron chi connectivity index (χ2n) is 4.29. The van der Waals surface area contributed by atoms with Crippen molar-refractivity contribution in [2.24, 2.45) is 0 Å². The van der Waals surface area contributed by atoms with Crippen molar-refractivity contribution in [3.63, 3.8) is 0 Å². The number of amides is 1. The normalized spacial score (nSPS) is 18.9. The molecule has 0 aliphatic carbocycles. The van der Waals surface area contributed by atoms with E-state index in [-0.39, 0.29) is 17.7 Å². The van der Waals surface area contributed by atoms with Gasteiger partial charge in [-0.1, -0.05) is 0 Å². The van der Waals surface area contributed by atoms with Gasteiger partial charge in [0.1, 0.15) is 0 Å². The van der Waals surface area contributed by atoms with Crippen molar-refractivity contribution in [1.82, 2.24) is 10.6 Å². The van der Waals surface area contributed by atoms with Crippen LogP contribution < -0.4 is 15.4 Å². The molecule has 0 radical (unpaired) electrons. The van der Waals surface area contributed by atoms with Crippen molar-refractivity contribution >= 4 is 5.91 Å². The zero-order valence-corrected chi connectivity index (χ0v) is 10.7. The molecule has 1 unspecified atom stereocenters. The van der Waals surface area contributed by atoms with Crippen LogP contribution in [0.1, 0.15) is 10.4 Å². The molecule has 1 saturated heterocycles. The molecule has 19 heavy (non-hydrogen) atoms. The Morgan fingerprint density at radius 2 is 2.47 bits per heavy atom. The van der Waals surface area contributed by atoms with Crippen LogP contribution in [0.15, 0.2) is 18.2 Å². The van der Waals surface area contributed by atoms with Gasteiger partial charge in [0.05, 0.1) is 20.3 Å². The first-order valence-electron chi connectivity index (χ1n) is 6.13. The number of carbonyl (C=O) groups excluding carboxylic acids is 1. The SMILES string of the molecule is COc1cc(C(=O)NCC2COCCN2)ccc1F. The molecule has 1 fully saturated rings. The van der Waals surface area contributed by atoms with E-state index in [0.717, 1.165) is 6.54 Å². The topological polar surface area (TPSA) is 59.6 Å². The van der Waals surface area contributed by atoms with E-state index in [0.29, 0.717) is 25.3 Å². The highest BCUT2D eigenvalue weighted by Crippen LogP contribution is 2.18. The Kier molecular flexibility index (Phi) is 4.70. The van der Waals surface area contributed by atoms with Gasteiger partial charge in [0.25, 0.3) is 5.91 Å². The van der Waals surface area contributed by atoms with Crippen LogP contribution in [-0.2, 0) is 4.74 Å². The molecule has 5 nitrogen and oxygen atoms in total. The van der Waals surface area contributed by atoms with Gasteiger partial charge in [0.2, 0.25) is 0 Å². The van der Waals surface area contributed by atoms with E-state index in [2.05, 4.69) is 10.6 Å². The lowest BCUT2D eigenvalue weighted by molar-refractivity contribution is 0.0734. The average molecular weight is 268 g/mol. The fourth-order valence-electron chi connectivity index (χ4n) is 1.87. The molecule has 1 atom stereocenters. The first-order chi connectivity index (χ1) is 9.20. The summed E-state index contributed by atoms with van der Waals surface area (Å²) in [4.78, 5) is 11.9. The highest BCUT2D eigenvalue weighted by Gasteiger charge is 2.15. The highest BCUT2D eigenvalue weighted by molar-refractivity contribution is 5.94. The number of methoxy groups -OCH3 is 1. The maximum Gasteiger partial charge on any atom is 0.251 e. The van der Waals surface area contributed by atoms with Gasteiger partial charge >= 0.3 is 0 Å². The molecule has 0 bridgehead atoms. The summed E-state index contributed by atoms with van der Waals surface area (Å²) in [5, 5.41) is 6.01. The summed E-state index contributed by atoms with van der Waals surface area (Å²) in [5.41, 5.74) is 0.370. The van der Waals surface area contributed by atoms with Crippen molar-refractivity contribution in [2.75, 3.05) is 33.4 Å². The summed E-state index contributed by atoms with van der Waals surface area (Å²) in [6.45, 7) is 2.52. The smallest absolute Gasteiger partial charge is 0.251 e. The molecule has 1 aromatic carbocycles. The van der Waals surface area contributed by atoms with Crippen LogP contribution >= 0.6 is 0 Å². The zero-order chi connectivity index (χ0) is 13.7. The van der Waals surface area contributed by atoms with Gasteiger partial charge in [0.15, 0.2) is 11.6 Å². The molecule has 104 valence electrons. The lowest BCUT2D eigenvalue weighted by Crippen LogP contribution is -2.48. The predicted octanol–water partition coefficient (Wildman–Crippen LogP) is 0.552. The van der Waals surface area contributed by atoms with Crippen molar-refractivity contribution in [2.45, 2.75) is 6.04 Å². The van der Waals surface area contributed by atoms with E-state index < -0.39 is 5.82 Å². The number of morpholine rings is 1. The van der Waals surface area contributed by atoms with Crippen LogP contribution in [0.5, 0.6) is 5.75 Å². The summed E-state index contributed by atoms with van der Waals surface area (Å²) in [6.07, 6.45) is 0. The maximum atomic E-state index is 13.2. The highest BCUT2D eigenvalue weighted by atomic mass is 19.1. The monoisotopic (exact) mass is 268 g/mol. The van der Waals surface area contributed by atoms with Gasteiger partial charge < -0.3 is 20.1 Å². The number of benzene rings is 1.